The highest BCUT2D eigenvalue weighted by Crippen LogP contribution is 2.46. The standard InChI is InChI=1S/C18H20ClNO/c1-3-18(4-2)14-10-6-8-12-16(14)20-17(21-18)13-9-5-7-11-15(13)19/h5-12,17,20H,3-4H2,1-2H3. The monoisotopic (exact) mass is 301 g/mol. The second kappa shape index (κ2) is 5.70. The van der Waals surface area contributed by atoms with Crippen molar-refractivity contribution in [2.45, 2.75) is 38.5 Å². The first kappa shape index (κ1) is 14.4. The predicted octanol–water partition coefficient (Wildman–Crippen LogP) is 5.50. The molecule has 0 aromatic heterocycles. The number of nitrogens with one attached hydrogen (secondary N) is 1. The molecule has 3 rings (SSSR count). The van der Waals surface area contributed by atoms with E-state index in [2.05, 4.69) is 43.4 Å². The first-order valence-electron chi connectivity index (χ1n) is 7.48. The minimum absolute atomic E-state index is 0.214. The molecule has 1 atom stereocenters. The molecule has 1 unspecified atom stereocenters. The van der Waals surface area contributed by atoms with Gasteiger partial charge in [0.25, 0.3) is 0 Å². The van der Waals surface area contributed by atoms with Crippen LogP contribution in [-0.2, 0) is 10.3 Å². The fourth-order valence-corrected chi connectivity index (χ4v) is 3.33. The first-order chi connectivity index (χ1) is 10.2. The molecular formula is C18H20ClNO. The number of benzene rings is 2. The Labute approximate surface area is 131 Å². The predicted molar refractivity (Wildman–Crippen MR) is 87.6 cm³/mol. The Morgan fingerprint density at radius 2 is 1.71 bits per heavy atom. The molecule has 1 aliphatic rings. The third-order valence-corrected chi connectivity index (χ3v) is 4.72. The van der Waals surface area contributed by atoms with Gasteiger partial charge in [-0.1, -0.05) is 61.8 Å². The first-order valence-corrected chi connectivity index (χ1v) is 7.86. The fraction of sp³-hybridized carbons (Fsp3) is 0.333. The van der Waals surface area contributed by atoms with Crippen LogP contribution in [0.5, 0.6) is 0 Å². The van der Waals surface area contributed by atoms with Gasteiger partial charge in [-0.15, -0.1) is 0 Å². The van der Waals surface area contributed by atoms with Crippen molar-refractivity contribution in [3.8, 4) is 0 Å². The normalized spacial score (nSPS) is 19.7. The number of hydrogen-bond acceptors (Lipinski definition) is 2. The van der Waals surface area contributed by atoms with Gasteiger partial charge in [-0.2, -0.15) is 0 Å². The summed E-state index contributed by atoms with van der Waals surface area (Å²) in [5, 5.41) is 4.20. The SMILES string of the molecule is CCC1(CC)OC(c2ccccc2Cl)Nc2ccccc21. The van der Waals surface area contributed by atoms with E-state index < -0.39 is 0 Å². The Bertz CT molecular complexity index is 637. The quantitative estimate of drug-likeness (QED) is 0.808. The van der Waals surface area contributed by atoms with Crippen LogP contribution < -0.4 is 5.32 Å². The average molecular weight is 302 g/mol. The molecular weight excluding hydrogens is 282 g/mol. The lowest BCUT2D eigenvalue weighted by Crippen LogP contribution is -2.38. The van der Waals surface area contributed by atoms with Crippen LogP contribution >= 0.6 is 11.6 Å². The number of hydrogen-bond donors (Lipinski definition) is 1. The molecule has 0 spiro atoms. The van der Waals surface area contributed by atoms with Crippen molar-refractivity contribution >= 4 is 17.3 Å². The molecule has 2 aromatic carbocycles. The summed E-state index contributed by atoms with van der Waals surface area (Å²) in [7, 11) is 0. The second-order valence-corrected chi connectivity index (χ2v) is 5.82. The van der Waals surface area contributed by atoms with Crippen LogP contribution in [0.2, 0.25) is 5.02 Å². The van der Waals surface area contributed by atoms with E-state index in [-0.39, 0.29) is 11.8 Å². The Balaban J connectivity index is 2.08. The van der Waals surface area contributed by atoms with Gasteiger partial charge in [-0.3, -0.25) is 0 Å². The molecule has 0 fully saturated rings. The zero-order valence-electron chi connectivity index (χ0n) is 12.4. The maximum Gasteiger partial charge on any atom is 0.156 e. The summed E-state index contributed by atoms with van der Waals surface area (Å²) < 4.78 is 6.47. The van der Waals surface area contributed by atoms with Crippen molar-refractivity contribution in [2.24, 2.45) is 0 Å². The van der Waals surface area contributed by atoms with Crippen molar-refractivity contribution in [2.75, 3.05) is 5.32 Å². The molecule has 1 aliphatic heterocycles. The summed E-state index contributed by atoms with van der Waals surface area (Å²) in [5.74, 6) is 0. The zero-order valence-corrected chi connectivity index (χ0v) is 13.2. The number of anilines is 1. The van der Waals surface area contributed by atoms with Gasteiger partial charge in [0.1, 0.15) is 0 Å². The van der Waals surface area contributed by atoms with Crippen LogP contribution in [0.25, 0.3) is 0 Å². The minimum atomic E-state index is -0.258. The van der Waals surface area contributed by atoms with Gasteiger partial charge in [-0.05, 0) is 25.0 Å². The van der Waals surface area contributed by atoms with Gasteiger partial charge in [0.2, 0.25) is 0 Å². The highest BCUT2D eigenvalue weighted by molar-refractivity contribution is 6.31. The molecule has 2 aromatic rings. The number of halogens is 1. The molecule has 0 radical (unpaired) electrons. The lowest BCUT2D eigenvalue weighted by Gasteiger charge is -2.43. The van der Waals surface area contributed by atoms with E-state index in [1.54, 1.807) is 0 Å². The van der Waals surface area contributed by atoms with Crippen molar-refractivity contribution < 1.29 is 4.74 Å². The van der Waals surface area contributed by atoms with E-state index in [1.807, 2.05) is 24.3 Å². The van der Waals surface area contributed by atoms with E-state index in [1.165, 1.54) is 5.56 Å². The smallest absolute Gasteiger partial charge is 0.156 e. The topological polar surface area (TPSA) is 21.3 Å². The van der Waals surface area contributed by atoms with Gasteiger partial charge in [-0.25, -0.2) is 0 Å². The van der Waals surface area contributed by atoms with Crippen LogP contribution in [0.4, 0.5) is 5.69 Å². The molecule has 0 amide bonds. The minimum Gasteiger partial charge on any atom is -0.356 e. The molecule has 1 heterocycles. The van der Waals surface area contributed by atoms with Gasteiger partial charge in [0.15, 0.2) is 6.23 Å². The van der Waals surface area contributed by atoms with Crippen molar-refractivity contribution in [3.05, 3.63) is 64.7 Å². The van der Waals surface area contributed by atoms with E-state index in [0.717, 1.165) is 29.1 Å². The fourth-order valence-electron chi connectivity index (χ4n) is 3.09. The van der Waals surface area contributed by atoms with E-state index >= 15 is 0 Å². The third-order valence-electron chi connectivity index (χ3n) is 4.38. The summed E-state index contributed by atoms with van der Waals surface area (Å²) in [6.07, 6.45) is 1.65. The Morgan fingerprint density at radius 1 is 1.05 bits per heavy atom. The van der Waals surface area contributed by atoms with Crippen molar-refractivity contribution in [1.29, 1.82) is 0 Å². The van der Waals surface area contributed by atoms with E-state index in [4.69, 9.17) is 16.3 Å². The molecule has 0 bridgehead atoms. The highest BCUT2D eigenvalue weighted by Gasteiger charge is 2.39. The van der Waals surface area contributed by atoms with Crippen LogP contribution in [0.1, 0.15) is 44.0 Å². The average Bonchev–Trinajstić information content (AvgIpc) is 2.54. The van der Waals surface area contributed by atoms with Crippen LogP contribution in [0, 0.1) is 0 Å². The van der Waals surface area contributed by atoms with Gasteiger partial charge < -0.3 is 10.1 Å². The molecule has 0 saturated carbocycles. The van der Waals surface area contributed by atoms with Gasteiger partial charge >= 0.3 is 0 Å². The van der Waals surface area contributed by atoms with Crippen molar-refractivity contribution in [3.63, 3.8) is 0 Å². The lowest BCUT2D eigenvalue weighted by molar-refractivity contribution is -0.103. The number of rotatable bonds is 3. The zero-order chi connectivity index (χ0) is 14.9. The molecule has 2 nitrogen and oxygen atoms in total. The third kappa shape index (κ3) is 2.43. The summed E-state index contributed by atoms with van der Waals surface area (Å²) in [5.41, 5.74) is 3.10. The Kier molecular flexibility index (Phi) is 3.92. The van der Waals surface area contributed by atoms with Gasteiger partial charge in [0.05, 0.1) is 5.60 Å². The summed E-state index contributed by atoms with van der Waals surface area (Å²) >= 11 is 6.34. The summed E-state index contributed by atoms with van der Waals surface area (Å²) in [4.78, 5) is 0. The number of fused-ring (bicyclic) bond motifs is 1. The lowest BCUT2D eigenvalue weighted by atomic mass is 9.85. The Morgan fingerprint density at radius 3 is 2.43 bits per heavy atom. The summed E-state index contributed by atoms with van der Waals surface area (Å²) in [6, 6.07) is 16.2. The molecule has 21 heavy (non-hydrogen) atoms. The molecule has 110 valence electrons. The number of ether oxygens (including phenoxy) is 1. The van der Waals surface area contributed by atoms with E-state index in [9.17, 15) is 0 Å². The molecule has 1 N–H and O–H groups in total. The van der Waals surface area contributed by atoms with Crippen LogP contribution in [0.3, 0.4) is 0 Å². The Hall–Kier alpha value is -1.51. The van der Waals surface area contributed by atoms with Gasteiger partial charge in [0, 0.05) is 21.8 Å². The van der Waals surface area contributed by atoms with Crippen molar-refractivity contribution in [1.82, 2.24) is 0 Å². The molecule has 0 aliphatic carbocycles. The molecule has 3 heteroatoms. The number of para-hydroxylation sites is 1. The van der Waals surface area contributed by atoms with Crippen LogP contribution in [0.15, 0.2) is 48.5 Å². The van der Waals surface area contributed by atoms with Crippen LogP contribution in [-0.4, -0.2) is 0 Å². The maximum atomic E-state index is 6.47. The second-order valence-electron chi connectivity index (χ2n) is 5.41. The largest absolute Gasteiger partial charge is 0.356 e. The van der Waals surface area contributed by atoms with E-state index in [0.29, 0.717) is 0 Å². The maximum absolute atomic E-state index is 6.47. The summed E-state index contributed by atoms with van der Waals surface area (Å²) in [6.45, 7) is 4.35. The highest BCUT2D eigenvalue weighted by atomic mass is 35.5. The molecule has 0 saturated heterocycles.